The summed E-state index contributed by atoms with van der Waals surface area (Å²) in [7, 11) is 0. The maximum atomic E-state index is 6.28. The van der Waals surface area contributed by atoms with E-state index in [4.69, 9.17) is 20.9 Å². The van der Waals surface area contributed by atoms with Gasteiger partial charge < -0.3 is 19.9 Å². The first kappa shape index (κ1) is 21.7. The second-order valence-electron chi connectivity index (χ2n) is 7.82. The zero-order valence-corrected chi connectivity index (χ0v) is 18.3. The van der Waals surface area contributed by atoms with Crippen molar-refractivity contribution in [3.63, 3.8) is 0 Å². The number of aromatic nitrogens is 1. The van der Waals surface area contributed by atoms with Gasteiger partial charge in [0.25, 0.3) is 0 Å². The van der Waals surface area contributed by atoms with Gasteiger partial charge in [0.2, 0.25) is 0 Å². The van der Waals surface area contributed by atoms with Crippen LogP contribution in [0, 0.1) is 0 Å². The van der Waals surface area contributed by atoms with E-state index < -0.39 is 0 Å². The Morgan fingerprint density at radius 3 is 2.69 bits per heavy atom. The van der Waals surface area contributed by atoms with Crippen LogP contribution in [0.4, 0.5) is 0 Å². The van der Waals surface area contributed by atoms with Gasteiger partial charge in [-0.25, -0.2) is 4.99 Å². The molecule has 1 aliphatic rings. The van der Waals surface area contributed by atoms with Crippen LogP contribution < -0.4 is 10.6 Å². The van der Waals surface area contributed by atoms with Gasteiger partial charge in [-0.05, 0) is 43.4 Å². The summed E-state index contributed by atoms with van der Waals surface area (Å²) in [5, 5.41) is 11.7. The van der Waals surface area contributed by atoms with Crippen molar-refractivity contribution >= 4 is 17.6 Å². The number of benzene rings is 1. The normalized spacial score (nSPS) is 16.8. The molecule has 2 heterocycles. The van der Waals surface area contributed by atoms with Gasteiger partial charge in [-0.15, -0.1) is 0 Å². The number of halogens is 1. The molecule has 0 unspecified atom stereocenters. The highest BCUT2D eigenvalue weighted by atomic mass is 35.5. The van der Waals surface area contributed by atoms with E-state index in [0.29, 0.717) is 12.5 Å². The Kier molecular flexibility index (Phi) is 7.56. The predicted octanol–water partition coefficient (Wildman–Crippen LogP) is 4.25. The minimum Gasteiger partial charge on any atom is -0.381 e. The quantitative estimate of drug-likeness (QED) is 0.519. The highest BCUT2D eigenvalue weighted by Gasteiger charge is 2.34. The number of guanidine groups is 1. The van der Waals surface area contributed by atoms with Crippen molar-refractivity contribution in [1.82, 2.24) is 15.8 Å². The lowest BCUT2D eigenvalue weighted by Crippen LogP contribution is -2.48. The van der Waals surface area contributed by atoms with Crippen molar-refractivity contribution in [3.8, 4) is 0 Å². The third kappa shape index (κ3) is 5.73. The summed E-state index contributed by atoms with van der Waals surface area (Å²) in [6.07, 6.45) is 1.89. The minimum atomic E-state index is -0.0314. The molecule has 0 amide bonds. The predicted molar refractivity (Wildman–Crippen MR) is 117 cm³/mol. The van der Waals surface area contributed by atoms with E-state index in [-0.39, 0.29) is 5.41 Å². The molecule has 1 saturated heterocycles. The Morgan fingerprint density at radius 2 is 2.03 bits per heavy atom. The molecule has 0 bridgehead atoms. The summed E-state index contributed by atoms with van der Waals surface area (Å²) in [6, 6.07) is 10.1. The summed E-state index contributed by atoms with van der Waals surface area (Å²) in [4.78, 5) is 4.69. The van der Waals surface area contributed by atoms with Crippen LogP contribution in [0.5, 0.6) is 0 Å². The molecule has 7 heteroatoms. The highest BCUT2D eigenvalue weighted by molar-refractivity contribution is 6.30. The first-order valence-electron chi connectivity index (χ1n) is 10.3. The molecule has 3 rings (SSSR count). The smallest absolute Gasteiger partial charge is 0.191 e. The Hall–Kier alpha value is -2.05. The summed E-state index contributed by atoms with van der Waals surface area (Å²) in [5.41, 5.74) is 2.17. The number of aliphatic imine (C=N–C) groups is 1. The molecule has 1 aromatic heterocycles. The van der Waals surface area contributed by atoms with Gasteiger partial charge in [0.1, 0.15) is 6.54 Å². The van der Waals surface area contributed by atoms with E-state index >= 15 is 0 Å². The fourth-order valence-electron chi connectivity index (χ4n) is 3.58. The van der Waals surface area contributed by atoms with Gasteiger partial charge in [-0.3, -0.25) is 0 Å². The van der Waals surface area contributed by atoms with Crippen LogP contribution in [0.2, 0.25) is 5.02 Å². The fraction of sp³-hybridized carbons (Fsp3) is 0.545. The third-order valence-corrected chi connectivity index (χ3v) is 5.62. The van der Waals surface area contributed by atoms with Gasteiger partial charge in [-0.2, -0.15) is 0 Å². The largest absolute Gasteiger partial charge is 0.381 e. The molecule has 0 atom stereocenters. The number of ether oxygens (including phenoxy) is 1. The molecule has 1 fully saturated rings. The van der Waals surface area contributed by atoms with Crippen molar-refractivity contribution in [1.29, 1.82) is 0 Å². The van der Waals surface area contributed by atoms with Crippen LogP contribution in [0.25, 0.3) is 0 Å². The highest BCUT2D eigenvalue weighted by Crippen LogP contribution is 2.35. The second-order valence-corrected chi connectivity index (χ2v) is 8.26. The standard InChI is InChI=1S/C22H31ClN4O2/c1-4-24-21(25-14-19-13-20(16(2)3)27-29-19)26-15-22(8-10-28-11-9-22)17-6-5-7-18(23)12-17/h5-7,12-13,16H,4,8-11,14-15H2,1-3H3,(H2,24,25,26). The van der Waals surface area contributed by atoms with Crippen LogP contribution in [0.15, 0.2) is 39.8 Å². The van der Waals surface area contributed by atoms with Gasteiger partial charge in [0, 0.05) is 42.8 Å². The van der Waals surface area contributed by atoms with Crippen molar-refractivity contribution in [2.24, 2.45) is 4.99 Å². The summed E-state index contributed by atoms with van der Waals surface area (Å²) in [5.74, 6) is 1.87. The fourth-order valence-corrected chi connectivity index (χ4v) is 3.77. The molecule has 29 heavy (non-hydrogen) atoms. The molecule has 1 aliphatic heterocycles. The topological polar surface area (TPSA) is 71.7 Å². The first-order valence-corrected chi connectivity index (χ1v) is 10.7. The van der Waals surface area contributed by atoms with E-state index in [1.54, 1.807) is 0 Å². The average molecular weight is 419 g/mol. The number of nitrogens with one attached hydrogen (secondary N) is 2. The monoisotopic (exact) mass is 418 g/mol. The Bertz CT molecular complexity index is 813. The van der Waals surface area contributed by atoms with E-state index in [0.717, 1.165) is 61.6 Å². The molecule has 1 aromatic carbocycles. The zero-order valence-electron chi connectivity index (χ0n) is 17.5. The zero-order chi connectivity index (χ0) is 20.7. The van der Waals surface area contributed by atoms with Gasteiger partial charge >= 0.3 is 0 Å². The van der Waals surface area contributed by atoms with Crippen LogP contribution in [-0.4, -0.2) is 37.4 Å². The lowest BCUT2D eigenvalue weighted by Gasteiger charge is -2.38. The van der Waals surface area contributed by atoms with Crippen molar-refractivity contribution < 1.29 is 9.26 Å². The van der Waals surface area contributed by atoms with Crippen LogP contribution in [0.3, 0.4) is 0 Å². The van der Waals surface area contributed by atoms with E-state index in [1.807, 2.05) is 18.2 Å². The maximum absolute atomic E-state index is 6.28. The van der Waals surface area contributed by atoms with E-state index in [9.17, 15) is 0 Å². The van der Waals surface area contributed by atoms with Gasteiger partial charge in [0.15, 0.2) is 11.7 Å². The molecular formula is C22H31ClN4O2. The molecule has 0 spiro atoms. The van der Waals surface area contributed by atoms with E-state index in [2.05, 4.69) is 53.7 Å². The summed E-state index contributed by atoms with van der Waals surface area (Å²) in [6.45, 7) is 9.74. The summed E-state index contributed by atoms with van der Waals surface area (Å²) >= 11 is 6.28. The lowest BCUT2D eigenvalue weighted by atomic mass is 9.74. The number of rotatable bonds is 7. The number of hydrogen-bond acceptors (Lipinski definition) is 4. The molecule has 0 radical (unpaired) electrons. The van der Waals surface area contributed by atoms with Gasteiger partial charge in [-0.1, -0.05) is 42.7 Å². The molecule has 2 N–H and O–H groups in total. The van der Waals surface area contributed by atoms with Crippen LogP contribution in [-0.2, 0) is 16.7 Å². The second kappa shape index (κ2) is 10.1. The molecular weight excluding hydrogens is 388 g/mol. The molecule has 158 valence electrons. The van der Waals surface area contributed by atoms with Crippen molar-refractivity contribution in [2.75, 3.05) is 26.3 Å². The van der Waals surface area contributed by atoms with Crippen molar-refractivity contribution in [2.45, 2.75) is 51.5 Å². The van der Waals surface area contributed by atoms with Crippen LogP contribution in [0.1, 0.15) is 56.5 Å². The van der Waals surface area contributed by atoms with E-state index in [1.165, 1.54) is 5.56 Å². The van der Waals surface area contributed by atoms with Crippen LogP contribution >= 0.6 is 11.6 Å². The maximum Gasteiger partial charge on any atom is 0.191 e. The Morgan fingerprint density at radius 1 is 1.24 bits per heavy atom. The SMILES string of the molecule is CCNC(=NCc1cc(C(C)C)no1)NCC1(c2cccc(Cl)c2)CCOCC1. The molecule has 2 aromatic rings. The molecule has 0 saturated carbocycles. The Labute approximate surface area is 178 Å². The van der Waals surface area contributed by atoms with Crippen molar-refractivity contribution in [3.05, 3.63) is 52.4 Å². The molecule has 0 aliphatic carbocycles. The number of hydrogen-bond donors (Lipinski definition) is 2. The van der Waals surface area contributed by atoms with Gasteiger partial charge in [0.05, 0.1) is 5.69 Å². The third-order valence-electron chi connectivity index (χ3n) is 5.39. The molecule has 6 nitrogen and oxygen atoms in total. The minimum absolute atomic E-state index is 0.0314. The number of nitrogens with zero attached hydrogens (tertiary/aromatic N) is 2. The lowest BCUT2D eigenvalue weighted by molar-refractivity contribution is 0.0514. The average Bonchev–Trinajstić information content (AvgIpc) is 3.20. The first-order chi connectivity index (χ1) is 14.0. The Balaban J connectivity index is 1.72. The summed E-state index contributed by atoms with van der Waals surface area (Å²) < 4.78 is 11.0.